The number of H-pyrrole nitrogens is 1. The van der Waals surface area contributed by atoms with Gasteiger partial charge in [-0.25, -0.2) is 9.97 Å². The summed E-state index contributed by atoms with van der Waals surface area (Å²) in [7, 11) is 0. The maximum Gasteiger partial charge on any atom is 0.249 e. The highest BCUT2D eigenvalue weighted by molar-refractivity contribution is 5.66. The summed E-state index contributed by atoms with van der Waals surface area (Å²) in [5, 5.41) is 3.25. The van der Waals surface area contributed by atoms with E-state index in [1.807, 2.05) is 30.3 Å². The second kappa shape index (κ2) is 8.85. The van der Waals surface area contributed by atoms with Crippen molar-refractivity contribution in [3.63, 3.8) is 0 Å². The largest absolute Gasteiger partial charge is 0.377 e. The number of nitrogens with zero attached hydrogens (tertiary/aromatic N) is 4. The molecule has 0 spiro atoms. The van der Waals surface area contributed by atoms with E-state index >= 15 is 0 Å². The minimum Gasteiger partial charge on any atom is -0.377 e. The standard InChI is InChI=1S/C26H30N6O2/c1-17-16-34-15-14-32(17)26-20-11-13-31-12-3-4-21(31)24(20)29-25(30-26)18-7-9-19(10-8-18)27-22-5-2-6-23(33)28-22/h2,5-10,17,21H,3-4,11-16H2,1H3,(H2,27,28,33)/t17-,21-/m0/s1. The van der Waals surface area contributed by atoms with Crippen LogP contribution in [0.15, 0.2) is 47.3 Å². The summed E-state index contributed by atoms with van der Waals surface area (Å²) in [5.41, 5.74) is 4.30. The van der Waals surface area contributed by atoms with Crippen LogP contribution in [0.3, 0.4) is 0 Å². The lowest BCUT2D eigenvalue weighted by Gasteiger charge is -2.38. The van der Waals surface area contributed by atoms with Crippen LogP contribution in [0.5, 0.6) is 0 Å². The molecule has 176 valence electrons. The second-order valence-corrected chi connectivity index (χ2v) is 9.43. The van der Waals surface area contributed by atoms with Crippen LogP contribution in [0.25, 0.3) is 11.4 Å². The molecule has 3 aliphatic heterocycles. The number of nitrogens with one attached hydrogen (secondary N) is 2. The van der Waals surface area contributed by atoms with E-state index in [4.69, 9.17) is 14.7 Å². The van der Waals surface area contributed by atoms with Crippen molar-refractivity contribution in [2.45, 2.75) is 38.3 Å². The summed E-state index contributed by atoms with van der Waals surface area (Å²) in [6, 6.07) is 13.9. The number of pyridine rings is 1. The van der Waals surface area contributed by atoms with Crippen molar-refractivity contribution >= 4 is 17.3 Å². The van der Waals surface area contributed by atoms with Crippen LogP contribution in [-0.2, 0) is 11.2 Å². The Labute approximate surface area is 199 Å². The SMILES string of the molecule is C[C@H]1COCCN1c1nc(-c2ccc(Nc3cccc(=O)[nH]3)cc2)nc2c1CCN1CCC[C@@H]21. The van der Waals surface area contributed by atoms with Crippen LogP contribution in [0.2, 0.25) is 0 Å². The van der Waals surface area contributed by atoms with Crippen LogP contribution in [0, 0.1) is 0 Å². The molecule has 0 unspecified atom stereocenters. The van der Waals surface area contributed by atoms with Gasteiger partial charge in [-0.2, -0.15) is 0 Å². The van der Waals surface area contributed by atoms with Crippen LogP contribution >= 0.6 is 0 Å². The Morgan fingerprint density at radius 3 is 2.79 bits per heavy atom. The molecule has 0 aliphatic carbocycles. The number of aromatic amines is 1. The molecule has 2 atom stereocenters. The van der Waals surface area contributed by atoms with E-state index in [9.17, 15) is 4.79 Å². The first-order valence-electron chi connectivity index (χ1n) is 12.2. The molecule has 2 aromatic heterocycles. The second-order valence-electron chi connectivity index (χ2n) is 9.43. The maximum absolute atomic E-state index is 11.6. The van der Waals surface area contributed by atoms with Gasteiger partial charge in [0.05, 0.1) is 31.0 Å². The number of morpholine rings is 1. The van der Waals surface area contributed by atoms with Gasteiger partial charge in [-0.15, -0.1) is 0 Å². The lowest BCUT2D eigenvalue weighted by Crippen LogP contribution is -2.45. The highest BCUT2D eigenvalue weighted by atomic mass is 16.5. The van der Waals surface area contributed by atoms with E-state index in [0.29, 0.717) is 17.9 Å². The predicted molar refractivity (Wildman–Crippen MR) is 133 cm³/mol. The number of rotatable bonds is 4. The normalized spacial score (nSPS) is 22.3. The van der Waals surface area contributed by atoms with Gasteiger partial charge in [-0.1, -0.05) is 6.07 Å². The summed E-state index contributed by atoms with van der Waals surface area (Å²) >= 11 is 0. The number of ether oxygens (including phenoxy) is 1. The van der Waals surface area contributed by atoms with Crippen molar-refractivity contribution in [2.75, 3.05) is 43.1 Å². The molecule has 34 heavy (non-hydrogen) atoms. The molecule has 8 heteroatoms. The summed E-state index contributed by atoms with van der Waals surface area (Å²) < 4.78 is 5.71. The molecule has 0 radical (unpaired) electrons. The van der Waals surface area contributed by atoms with Crippen LogP contribution in [-0.4, -0.2) is 58.7 Å². The Morgan fingerprint density at radius 1 is 1.09 bits per heavy atom. The Bertz CT molecular complexity index is 1240. The van der Waals surface area contributed by atoms with E-state index in [1.54, 1.807) is 6.07 Å². The number of hydrogen-bond donors (Lipinski definition) is 2. The van der Waals surface area contributed by atoms with E-state index < -0.39 is 0 Å². The van der Waals surface area contributed by atoms with Crippen molar-refractivity contribution in [3.8, 4) is 11.4 Å². The molecule has 0 amide bonds. The molecule has 5 heterocycles. The molecule has 2 saturated heterocycles. The summed E-state index contributed by atoms with van der Waals surface area (Å²) in [6.07, 6.45) is 3.40. The Morgan fingerprint density at radius 2 is 1.97 bits per heavy atom. The summed E-state index contributed by atoms with van der Waals surface area (Å²) in [5.74, 6) is 2.53. The van der Waals surface area contributed by atoms with Crippen molar-refractivity contribution < 1.29 is 4.74 Å². The molecule has 2 fully saturated rings. The van der Waals surface area contributed by atoms with Gasteiger partial charge in [0.2, 0.25) is 5.56 Å². The van der Waals surface area contributed by atoms with Gasteiger partial charge in [0.25, 0.3) is 0 Å². The molecule has 1 aromatic carbocycles. The predicted octanol–water partition coefficient (Wildman–Crippen LogP) is 3.49. The fourth-order valence-electron chi connectivity index (χ4n) is 5.45. The van der Waals surface area contributed by atoms with Gasteiger partial charge in [0.1, 0.15) is 11.6 Å². The quantitative estimate of drug-likeness (QED) is 0.619. The summed E-state index contributed by atoms with van der Waals surface area (Å²) in [6.45, 7) is 6.78. The highest BCUT2D eigenvalue weighted by Crippen LogP contribution is 2.41. The van der Waals surface area contributed by atoms with Crippen LogP contribution in [0.1, 0.15) is 37.1 Å². The van der Waals surface area contributed by atoms with Crippen molar-refractivity contribution in [1.82, 2.24) is 19.9 Å². The maximum atomic E-state index is 11.6. The number of aromatic nitrogens is 3. The number of anilines is 3. The first-order valence-corrected chi connectivity index (χ1v) is 12.2. The van der Waals surface area contributed by atoms with Crippen LogP contribution in [0.4, 0.5) is 17.3 Å². The molecule has 3 aromatic rings. The number of benzene rings is 1. The lowest BCUT2D eigenvalue weighted by atomic mass is 9.97. The number of fused-ring (bicyclic) bond motifs is 3. The lowest BCUT2D eigenvalue weighted by molar-refractivity contribution is 0.0983. The zero-order chi connectivity index (χ0) is 23.1. The van der Waals surface area contributed by atoms with Gasteiger partial charge < -0.3 is 19.9 Å². The molecule has 8 nitrogen and oxygen atoms in total. The van der Waals surface area contributed by atoms with Gasteiger partial charge in [-0.05, 0) is 63.1 Å². The molecular formula is C26H30N6O2. The molecule has 0 saturated carbocycles. The first kappa shape index (κ1) is 21.3. The third-order valence-corrected chi connectivity index (χ3v) is 7.18. The fraction of sp³-hybridized carbons (Fsp3) is 0.423. The molecule has 0 bridgehead atoms. The summed E-state index contributed by atoms with van der Waals surface area (Å²) in [4.78, 5) is 29.7. The molecule has 3 aliphatic rings. The minimum absolute atomic E-state index is 0.130. The van der Waals surface area contributed by atoms with E-state index in [0.717, 1.165) is 62.2 Å². The topological polar surface area (TPSA) is 86.4 Å². The van der Waals surface area contributed by atoms with Crippen LogP contribution < -0.4 is 15.8 Å². The molecular weight excluding hydrogens is 428 g/mol. The van der Waals surface area contributed by atoms with E-state index in [2.05, 4.69) is 27.0 Å². The van der Waals surface area contributed by atoms with Crippen molar-refractivity contribution in [3.05, 3.63) is 64.1 Å². The third kappa shape index (κ3) is 3.97. The average Bonchev–Trinajstić information content (AvgIpc) is 3.34. The minimum atomic E-state index is -0.130. The average molecular weight is 459 g/mol. The highest BCUT2D eigenvalue weighted by Gasteiger charge is 2.36. The Hall–Kier alpha value is -3.23. The van der Waals surface area contributed by atoms with Crippen molar-refractivity contribution in [2.24, 2.45) is 0 Å². The van der Waals surface area contributed by atoms with Gasteiger partial charge in [-0.3, -0.25) is 9.69 Å². The molecule has 2 N–H and O–H groups in total. The van der Waals surface area contributed by atoms with E-state index in [-0.39, 0.29) is 5.56 Å². The molecule has 6 rings (SSSR count). The Balaban J connectivity index is 1.37. The number of hydrogen-bond acceptors (Lipinski definition) is 7. The Kier molecular flexibility index (Phi) is 5.55. The van der Waals surface area contributed by atoms with E-state index in [1.165, 1.54) is 30.2 Å². The third-order valence-electron chi connectivity index (χ3n) is 7.18. The fourth-order valence-corrected chi connectivity index (χ4v) is 5.45. The van der Waals surface area contributed by atoms with Gasteiger partial charge in [0.15, 0.2) is 5.82 Å². The monoisotopic (exact) mass is 458 g/mol. The first-order chi connectivity index (χ1) is 16.7. The zero-order valence-corrected chi connectivity index (χ0v) is 19.5. The zero-order valence-electron chi connectivity index (χ0n) is 19.5. The van der Waals surface area contributed by atoms with Gasteiger partial charge in [0, 0.05) is 36.0 Å². The smallest absolute Gasteiger partial charge is 0.249 e. The van der Waals surface area contributed by atoms with Gasteiger partial charge >= 0.3 is 0 Å². The van der Waals surface area contributed by atoms with Crippen molar-refractivity contribution in [1.29, 1.82) is 0 Å².